The molecule has 1 fully saturated rings. The minimum absolute atomic E-state index is 0.146. The van der Waals surface area contributed by atoms with Crippen molar-refractivity contribution in [1.82, 2.24) is 10.2 Å². The van der Waals surface area contributed by atoms with Gasteiger partial charge in [0.1, 0.15) is 0 Å². The lowest BCUT2D eigenvalue weighted by Gasteiger charge is -2.36. The van der Waals surface area contributed by atoms with Crippen molar-refractivity contribution in [2.24, 2.45) is 5.73 Å². The highest BCUT2D eigenvalue weighted by Gasteiger charge is 2.22. The molecule has 0 radical (unpaired) electrons. The molecule has 2 aliphatic rings. The summed E-state index contributed by atoms with van der Waals surface area (Å²) in [6, 6.07) is 0.698. The first kappa shape index (κ1) is 11.7. The molecule has 0 saturated carbocycles. The smallest absolute Gasteiger partial charge is 0.0350 e. The Bertz CT molecular complexity index is 296. The monoisotopic (exact) mass is 221 g/mol. The molecule has 0 bridgehead atoms. The second-order valence-electron chi connectivity index (χ2n) is 5.22. The average molecular weight is 221 g/mol. The Labute approximate surface area is 98.4 Å². The summed E-state index contributed by atoms with van der Waals surface area (Å²) in [5, 5.41) is 3.36. The van der Waals surface area contributed by atoms with E-state index in [-0.39, 0.29) is 5.54 Å². The molecule has 3 nitrogen and oxygen atoms in total. The van der Waals surface area contributed by atoms with Gasteiger partial charge in [-0.1, -0.05) is 12.2 Å². The number of rotatable bonds is 2. The third kappa shape index (κ3) is 2.66. The molecule has 1 saturated heterocycles. The summed E-state index contributed by atoms with van der Waals surface area (Å²) in [7, 11) is 2.06. The minimum Gasteiger partial charge on any atom is -0.372 e. The van der Waals surface area contributed by atoms with Crippen LogP contribution >= 0.6 is 0 Å². The molecular formula is C13H23N3. The van der Waals surface area contributed by atoms with Gasteiger partial charge >= 0.3 is 0 Å². The summed E-state index contributed by atoms with van der Waals surface area (Å²) >= 11 is 0. The van der Waals surface area contributed by atoms with Crippen LogP contribution in [0.4, 0.5) is 0 Å². The Morgan fingerprint density at radius 3 is 2.62 bits per heavy atom. The van der Waals surface area contributed by atoms with E-state index in [2.05, 4.69) is 42.4 Å². The normalized spacial score (nSPS) is 31.7. The van der Waals surface area contributed by atoms with Crippen LogP contribution < -0.4 is 11.1 Å². The number of nitrogens with one attached hydrogen (secondary N) is 1. The van der Waals surface area contributed by atoms with Gasteiger partial charge in [0.25, 0.3) is 0 Å². The molecule has 1 aliphatic heterocycles. The number of allylic oxidation sites excluding steroid dienone is 1. The maximum atomic E-state index is 6.05. The van der Waals surface area contributed by atoms with Gasteiger partial charge in [-0.2, -0.15) is 0 Å². The second-order valence-corrected chi connectivity index (χ2v) is 5.22. The molecule has 16 heavy (non-hydrogen) atoms. The van der Waals surface area contributed by atoms with Gasteiger partial charge in [0, 0.05) is 30.4 Å². The molecule has 0 aromatic rings. The molecular weight excluding hydrogens is 198 g/mol. The van der Waals surface area contributed by atoms with Gasteiger partial charge in [-0.05, 0) is 39.3 Å². The van der Waals surface area contributed by atoms with Gasteiger partial charge in [-0.3, -0.25) is 0 Å². The third-order valence-electron chi connectivity index (χ3n) is 3.65. The van der Waals surface area contributed by atoms with Crippen LogP contribution in [0.1, 0.15) is 26.2 Å². The van der Waals surface area contributed by atoms with Gasteiger partial charge in [-0.25, -0.2) is 0 Å². The molecule has 0 aromatic heterocycles. The van der Waals surface area contributed by atoms with Crippen molar-refractivity contribution < 1.29 is 0 Å². The molecule has 0 spiro atoms. The zero-order valence-corrected chi connectivity index (χ0v) is 10.4. The predicted octanol–water partition coefficient (Wildman–Crippen LogP) is 1.23. The standard InChI is InChI=1S/C13H23N3/c1-13(14)7-3-12(4-8-13)16-9-5-11(15-2)6-10-16/h3-4,7,11,15H,5-6,8-10,14H2,1-2H3. The second kappa shape index (κ2) is 4.60. The Kier molecular flexibility index (Phi) is 3.36. The van der Waals surface area contributed by atoms with E-state index in [0.717, 1.165) is 19.5 Å². The lowest BCUT2D eigenvalue weighted by atomic mass is 9.93. The van der Waals surface area contributed by atoms with E-state index in [4.69, 9.17) is 5.73 Å². The average Bonchev–Trinajstić information content (AvgIpc) is 2.29. The number of hydrogen-bond acceptors (Lipinski definition) is 3. The predicted molar refractivity (Wildman–Crippen MR) is 68.1 cm³/mol. The number of likely N-dealkylation sites (tertiary alicyclic amines) is 1. The number of piperidine rings is 1. The van der Waals surface area contributed by atoms with Gasteiger partial charge in [0.05, 0.1) is 0 Å². The van der Waals surface area contributed by atoms with E-state index in [1.165, 1.54) is 18.5 Å². The molecule has 0 amide bonds. The fourth-order valence-electron chi connectivity index (χ4n) is 2.40. The van der Waals surface area contributed by atoms with Gasteiger partial charge in [-0.15, -0.1) is 0 Å². The van der Waals surface area contributed by atoms with Crippen LogP contribution in [0.25, 0.3) is 0 Å². The Morgan fingerprint density at radius 2 is 2.12 bits per heavy atom. The molecule has 2 rings (SSSR count). The maximum Gasteiger partial charge on any atom is 0.0350 e. The Balaban J connectivity index is 1.91. The molecule has 1 heterocycles. The molecule has 1 atom stereocenters. The zero-order chi connectivity index (χ0) is 11.6. The van der Waals surface area contributed by atoms with Crippen LogP contribution in [0.2, 0.25) is 0 Å². The van der Waals surface area contributed by atoms with E-state index < -0.39 is 0 Å². The number of hydrogen-bond donors (Lipinski definition) is 2. The number of nitrogens with two attached hydrogens (primary N) is 1. The van der Waals surface area contributed by atoms with Crippen LogP contribution in [0.5, 0.6) is 0 Å². The summed E-state index contributed by atoms with van der Waals surface area (Å²) in [6.45, 7) is 4.38. The highest BCUT2D eigenvalue weighted by atomic mass is 15.1. The van der Waals surface area contributed by atoms with Gasteiger partial charge in [0.2, 0.25) is 0 Å². The maximum absolute atomic E-state index is 6.05. The summed E-state index contributed by atoms with van der Waals surface area (Å²) in [5.41, 5.74) is 7.27. The Hall–Kier alpha value is -0.800. The number of nitrogens with zero attached hydrogens (tertiary/aromatic N) is 1. The first-order chi connectivity index (χ1) is 7.61. The van der Waals surface area contributed by atoms with Crippen molar-refractivity contribution in [2.75, 3.05) is 20.1 Å². The lowest BCUT2D eigenvalue weighted by Crippen LogP contribution is -2.41. The SMILES string of the molecule is CNC1CCN(C2=CCC(C)(N)C=C2)CC1. The van der Waals surface area contributed by atoms with Crippen molar-refractivity contribution in [3.8, 4) is 0 Å². The first-order valence-electron chi connectivity index (χ1n) is 6.21. The van der Waals surface area contributed by atoms with E-state index in [0.29, 0.717) is 6.04 Å². The van der Waals surface area contributed by atoms with Crippen LogP contribution in [-0.4, -0.2) is 36.6 Å². The van der Waals surface area contributed by atoms with Crippen molar-refractivity contribution >= 4 is 0 Å². The van der Waals surface area contributed by atoms with Crippen LogP contribution in [0.3, 0.4) is 0 Å². The summed E-state index contributed by atoms with van der Waals surface area (Å²) in [5.74, 6) is 0. The van der Waals surface area contributed by atoms with E-state index in [1.807, 2.05) is 0 Å². The minimum atomic E-state index is -0.146. The molecule has 1 unspecified atom stereocenters. The van der Waals surface area contributed by atoms with E-state index in [9.17, 15) is 0 Å². The largest absolute Gasteiger partial charge is 0.372 e. The summed E-state index contributed by atoms with van der Waals surface area (Å²) in [4.78, 5) is 2.47. The highest BCUT2D eigenvalue weighted by Crippen LogP contribution is 2.23. The lowest BCUT2D eigenvalue weighted by molar-refractivity contribution is 0.251. The molecule has 3 N–H and O–H groups in total. The summed E-state index contributed by atoms with van der Waals surface area (Å²) in [6.07, 6.45) is 10.0. The van der Waals surface area contributed by atoms with Gasteiger partial charge in [0.15, 0.2) is 0 Å². The summed E-state index contributed by atoms with van der Waals surface area (Å²) < 4.78 is 0. The Morgan fingerprint density at radius 1 is 1.44 bits per heavy atom. The van der Waals surface area contributed by atoms with Crippen LogP contribution in [0.15, 0.2) is 23.9 Å². The van der Waals surface area contributed by atoms with Crippen LogP contribution in [-0.2, 0) is 0 Å². The quantitative estimate of drug-likeness (QED) is 0.737. The van der Waals surface area contributed by atoms with E-state index >= 15 is 0 Å². The highest BCUT2D eigenvalue weighted by molar-refractivity contribution is 5.27. The van der Waals surface area contributed by atoms with Gasteiger partial charge < -0.3 is 16.0 Å². The fourth-order valence-corrected chi connectivity index (χ4v) is 2.40. The topological polar surface area (TPSA) is 41.3 Å². The zero-order valence-electron chi connectivity index (χ0n) is 10.4. The molecule has 3 heteroatoms. The molecule has 90 valence electrons. The molecule has 1 aliphatic carbocycles. The fraction of sp³-hybridized carbons (Fsp3) is 0.692. The first-order valence-corrected chi connectivity index (χ1v) is 6.21. The van der Waals surface area contributed by atoms with Crippen molar-refractivity contribution in [3.63, 3.8) is 0 Å². The molecule has 0 aromatic carbocycles. The van der Waals surface area contributed by atoms with E-state index in [1.54, 1.807) is 0 Å². The van der Waals surface area contributed by atoms with Crippen molar-refractivity contribution in [2.45, 2.75) is 37.8 Å². The van der Waals surface area contributed by atoms with Crippen molar-refractivity contribution in [3.05, 3.63) is 23.9 Å². The van der Waals surface area contributed by atoms with Crippen LogP contribution in [0, 0.1) is 0 Å². The third-order valence-corrected chi connectivity index (χ3v) is 3.65. The van der Waals surface area contributed by atoms with Crippen molar-refractivity contribution in [1.29, 1.82) is 0 Å².